The van der Waals surface area contributed by atoms with Crippen molar-refractivity contribution in [2.24, 2.45) is 11.1 Å². The summed E-state index contributed by atoms with van der Waals surface area (Å²) in [6, 6.07) is 2.88. The van der Waals surface area contributed by atoms with Crippen LogP contribution < -0.4 is 5.73 Å². The van der Waals surface area contributed by atoms with E-state index in [-0.39, 0.29) is 13.1 Å². The molecule has 0 aromatic heterocycles. The molecule has 1 aromatic rings. The lowest BCUT2D eigenvalue weighted by molar-refractivity contribution is -0.139. The van der Waals surface area contributed by atoms with E-state index in [0.717, 1.165) is 16.4 Å². The standard InChI is InChI=1S/C13H18ClF3N2O2S/c1-12(2,7-18)8-19(3)22(20,21)11-9(13(15,16)17)5-4-6-10(11)14/h4-6H,7-8,18H2,1-3H3. The highest BCUT2D eigenvalue weighted by atomic mass is 35.5. The predicted octanol–water partition coefficient (Wildman–Crippen LogP) is 2.96. The summed E-state index contributed by atoms with van der Waals surface area (Å²) in [5, 5.41) is -0.466. The Morgan fingerprint density at radius 1 is 1.27 bits per heavy atom. The Labute approximate surface area is 133 Å². The van der Waals surface area contributed by atoms with Gasteiger partial charge >= 0.3 is 6.18 Å². The summed E-state index contributed by atoms with van der Waals surface area (Å²) in [6.45, 7) is 3.59. The maximum absolute atomic E-state index is 13.1. The van der Waals surface area contributed by atoms with Gasteiger partial charge in [0.1, 0.15) is 4.90 Å². The predicted molar refractivity (Wildman–Crippen MR) is 79.1 cm³/mol. The lowest BCUT2D eigenvalue weighted by Gasteiger charge is -2.29. The van der Waals surface area contributed by atoms with E-state index >= 15 is 0 Å². The van der Waals surface area contributed by atoms with Gasteiger partial charge in [-0.15, -0.1) is 0 Å². The maximum atomic E-state index is 13.1. The van der Waals surface area contributed by atoms with E-state index < -0.39 is 37.1 Å². The number of sulfonamides is 1. The van der Waals surface area contributed by atoms with E-state index in [9.17, 15) is 21.6 Å². The van der Waals surface area contributed by atoms with Crippen LogP contribution in [0.2, 0.25) is 5.02 Å². The second kappa shape index (κ2) is 6.35. The highest BCUT2D eigenvalue weighted by Crippen LogP contribution is 2.38. The van der Waals surface area contributed by atoms with Crippen molar-refractivity contribution in [1.29, 1.82) is 0 Å². The van der Waals surface area contributed by atoms with Crippen LogP contribution in [0.5, 0.6) is 0 Å². The first-order valence-electron chi connectivity index (χ1n) is 6.35. The van der Waals surface area contributed by atoms with Crippen LogP contribution >= 0.6 is 11.6 Å². The van der Waals surface area contributed by atoms with Gasteiger partial charge in [-0.1, -0.05) is 31.5 Å². The molecule has 0 spiro atoms. The first-order chi connectivity index (χ1) is 9.83. The van der Waals surface area contributed by atoms with Crippen LogP contribution in [0.15, 0.2) is 23.1 Å². The number of nitrogens with zero attached hydrogens (tertiary/aromatic N) is 1. The first-order valence-corrected chi connectivity index (χ1v) is 8.17. The zero-order chi connectivity index (χ0) is 17.3. The van der Waals surface area contributed by atoms with Gasteiger partial charge in [0.25, 0.3) is 0 Å². The topological polar surface area (TPSA) is 63.4 Å². The van der Waals surface area contributed by atoms with Gasteiger partial charge in [0, 0.05) is 13.6 Å². The summed E-state index contributed by atoms with van der Waals surface area (Å²) in [4.78, 5) is -0.931. The zero-order valence-electron chi connectivity index (χ0n) is 12.4. The Hall–Kier alpha value is -0.830. The molecule has 0 aliphatic carbocycles. The van der Waals surface area contributed by atoms with Gasteiger partial charge in [0.2, 0.25) is 10.0 Å². The van der Waals surface area contributed by atoms with Crippen molar-refractivity contribution in [3.63, 3.8) is 0 Å². The molecular weight excluding hydrogens is 341 g/mol. The van der Waals surface area contributed by atoms with Crippen LogP contribution in [-0.4, -0.2) is 32.9 Å². The Morgan fingerprint density at radius 3 is 2.27 bits per heavy atom. The Kier molecular flexibility index (Phi) is 5.55. The molecule has 2 N–H and O–H groups in total. The Bertz CT molecular complexity index is 645. The number of benzene rings is 1. The summed E-state index contributed by atoms with van der Waals surface area (Å²) in [5.74, 6) is 0. The Balaban J connectivity index is 3.41. The third-order valence-electron chi connectivity index (χ3n) is 3.14. The van der Waals surface area contributed by atoms with Crippen molar-refractivity contribution < 1.29 is 21.6 Å². The fraction of sp³-hybridized carbons (Fsp3) is 0.538. The van der Waals surface area contributed by atoms with E-state index in [4.69, 9.17) is 17.3 Å². The fourth-order valence-corrected chi connectivity index (χ4v) is 3.98. The van der Waals surface area contributed by atoms with E-state index in [1.807, 2.05) is 0 Å². The summed E-state index contributed by atoms with van der Waals surface area (Å²) < 4.78 is 65.1. The molecule has 0 unspecified atom stereocenters. The molecule has 0 heterocycles. The van der Waals surface area contributed by atoms with E-state index in [1.165, 1.54) is 7.05 Å². The largest absolute Gasteiger partial charge is 0.417 e. The maximum Gasteiger partial charge on any atom is 0.417 e. The summed E-state index contributed by atoms with van der Waals surface area (Å²) in [5.41, 5.74) is 3.68. The minimum atomic E-state index is -4.82. The van der Waals surface area contributed by atoms with Crippen molar-refractivity contribution in [2.45, 2.75) is 24.9 Å². The van der Waals surface area contributed by atoms with Gasteiger partial charge in [0.15, 0.2) is 0 Å². The molecule has 0 aliphatic heterocycles. The second-order valence-electron chi connectivity index (χ2n) is 5.74. The minimum Gasteiger partial charge on any atom is -0.330 e. The highest BCUT2D eigenvalue weighted by molar-refractivity contribution is 7.89. The molecule has 0 bridgehead atoms. The van der Waals surface area contributed by atoms with Crippen molar-refractivity contribution >= 4 is 21.6 Å². The average molecular weight is 359 g/mol. The molecular formula is C13H18ClF3N2O2S. The summed E-state index contributed by atoms with van der Waals surface area (Å²) in [7, 11) is -3.20. The molecule has 0 aliphatic rings. The molecule has 1 rings (SSSR count). The molecule has 9 heteroatoms. The van der Waals surface area contributed by atoms with Gasteiger partial charge in [-0.2, -0.15) is 13.2 Å². The number of nitrogens with two attached hydrogens (primary N) is 1. The van der Waals surface area contributed by atoms with Gasteiger partial charge < -0.3 is 5.73 Å². The van der Waals surface area contributed by atoms with Gasteiger partial charge in [-0.05, 0) is 24.1 Å². The van der Waals surface area contributed by atoms with E-state index in [0.29, 0.717) is 6.07 Å². The van der Waals surface area contributed by atoms with Crippen molar-refractivity contribution in [3.05, 3.63) is 28.8 Å². The number of hydrogen-bond acceptors (Lipinski definition) is 3. The first kappa shape index (κ1) is 19.2. The van der Waals surface area contributed by atoms with Crippen LogP contribution in [0.4, 0.5) is 13.2 Å². The molecule has 0 saturated carbocycles. The Morgan fingerprint density at radius 2 is 1.82 bits per heavy atom. The summed E-state index contributed by atoms with van der Waals surface area (Å²) in [6.07, 6.45) is -4.82. The monoisotopic (exact) mass is 358 g/mol. The molecule has 4 nitrogen and oxygen atoms in total. The van der Waals surface area contributed by atoms with E-state index in [2.05, 4.69) is 0 Å². The molecule has 1 aromatic carbocycles. The van der Waals surface area contributed by atoms with Crippen molar-refractivity contribution in [1.82, 2.24) is 4.31 Å². The smallest absolute Gasteiger partial charge is 0.330 e. The third-order valence-corrected chi connectivity index (χ3v) is 5.48. The molecule has 22 heavy (non-hydrogen) atoms. The van der Waals surface area contributed by atoms with Crippen molar-refractivity contribution in [3.8, 4) is 0 Å². The minimum absolute atomic E-state index is 0.0334. The molecule has 126 valence electrons. The highest BCUT2D eigenvalue weighted by Gasteiger charge is 2.40. The van der Waals surface area contributed by atoms with Crippen LogP contribution in [-0.2, 0) is 16.2 Å². The zero-order valence-corrected chi connectivity index (χ0v) is 14.0. The lowest BCUT2D eigenvalue weighted by atomic mass is 9.94. The summed E-state index contributed by atoms with van der Waals surface area (Å²) >= 11 is 5.74. The van der Waals surface area contributed by atoms with Gasteiger partial charge in [-0.3, -0.25) is 0 Å². The molecule has 0 atom stereocenters. The van der Waals surface area contributed by atoms with Gasteiger partial charge in [-0.25, -0.2) is 12.7 Å². The average Bonchev–Trinajstić information content (AvgIpc) is 2.36. The number of rotatable bonds is 5. The SMILES string of the molecule is CN(CC(C)(C)CN)S(=O)(=O)c1c(Cl)cccc1C(F)(F)F. The molecule has 0 saturated heterocycles. The normalized spacial score (nSPS) is 13.7. The fourth-order valence-electron chi connectivity index (χ4n) is 1.90. The van der Waals surface area contributed by atoms with Crippen molar-refractivity contribution in [2.75, 3.05) is 20.1 Å². The van der Waals surface area contributed by atoms with E-state index in [1.54, 1.807) is 13.8 Å². The van der Waals surface area contributed by atoms with Crippen LogP contribution in [0.25, 0.3) is 0 Å². The van der Waals surface area contributed by atoms with Crippen LogP contribution in [0.3, 0.4) is 0 Å². The van der Waals surface area contributed by atoms with Gasteiger partial charge in [0.05, 0.1) is 10.6 Å². The quantitative estimate of drug-likeness (QED) is 0.880. The van der Waals surface area contributed by atoms with Crippen LogP contribution in [0, 0.1) is 5.41 Å². The van der Waals surface area contributed by atoms with Crippen LogP contribution in [0.1, 0.15) is 19.4 Å². The molecule has 0 radical (unpaired) electrons. The molecule has 0 fully saturated rings. The number of alkyl halides is 3. The third kappa shape index (κ3) is 4.13. The second-order valence-corrected chi connectivity index (χ2v) is 8.13. The number of hydrogen-bond donors (Lipinski definition) is 1. The number of halogens is 4. The lowest BCUT2D eigenvalue weighted by Crippen LogP contribution is -2.40. The molecule has 0 amide bonds.